The van der Waals surface area contributed by atoms with Crippen molar-refractivity contribution in [2.24, 2.45) is 0 Å². The third kappa shape index (κ3) is 3.79. The molecule has 0 N–H and O–H groups in total. The van der Waals surface area contributed by atoms with E-state index >= 15 is 0 Å². The Kier molecular flexibility index (Phi) is 5.06. The van der Waals surface area contributed by atoms with Crippen molar-refractivity contribution >= 4 is 16.6 Å². The number of fused-ring (bicyclic) bond motifs is 1. The second-order valence-corrected chi connectivity index (χ2v) is 8.23. The Hall–Kier alpha value is -2.67. The van der Waals surface area contributed by atoms with Crippen LogP contribution >= 0.6 is 0 Å². The topological polar surface area (TPSA) is 59.2 Å². The lowest BCUT2D eigenvalue weighted by molar-refractivity contribution is 0.248. The first kappa shape index (κ1) is 18.4. The first-order valence-corrected chi connectivity index (χ1v) is 10.7. The fourth-order valence-electron chi connectivity index (χ4n) is 4.67. The number of benzene rings is 1. The predicted octanol–water partition coefficient (Wildman–Crippen LogP) is 2.53. The average molecular weight is 393 g/mol. The Morgan fingerprint density at radius 2 is 1.83 bits per heavy atom. The van der Waals surface area contributed by atoms with Crippen LogP contribution in [0, 0.1) is 0 Å². The second-order valence-electron chi connectivity index (χ2n) is 8.23. The lowest BCUT2D eigenvalue weighted by atomic mass is 10.1. The Balaban J connectivity index is 1.26. The minimum atomic E-state index is 0.109. The monoisotopic (exact) mass is 392 g/mol. The fourth-order valence-corrected chi connectivity index (χ4v) is 4.67. The zero-order valence-electron chi connectivity index (χ0n) is 16.8. The maximum Gasteiger partial charge on any atom is 0.261 e. The molecule has 0 radical (unpaired) electrons. The van der Waals surface area contributed by atoms with Gasteiger partial charge < -0.3 is 9.47 Å². The summed E-state index contributed by atoms with van der Waals surface area (Å²) in [4.78, 5) is 26.5. The van der Waals surface area contributed by atoms with Crippen LogP contribution < -0.4 is 10.5 Å². The van der Waals surface area contributed by atoms with Gasteiger partial charge in [0, 0.05) is 63.4 Å². The van der Waals surface area contributed by atoms with Gasteiger partial charge in [0.25, 0.3) is 5.56 Å². The van der Waals surface area contributed by atoms with E-state index in [4.69, 9.17) is 0 Å². The molecule has 1 saturated heterocycles. The molecule has 2 aromatic heterocycles. The molecule has 7 nitrogen and oxygen atoms in total. The van der Waals surface area contributed by atoms with Crippen LogP contribution in [-0.2, 0) is 6.54 Å². The van der Waals surface area contributed by atoms with Crippen molar-refractivity contribution in [2.45, 2.75) is 38.3 Å². The summed E-state index contributed by atoms with van der Waals surface area (Å²) in [6.45, 7) is 6.10. The number of nitrogens with zero attached hydrogens (tertiary/aromatic N) is 6. The lowest BCUT2D eigenvalue weighted by Crippen LogP contribution is -2.47. The van der Waals surface area contributed by atoms with Crippen LogP contribution in [-0.4, -0.2) is 56.7 Å². The van der Waals surface area contributed by atoms with Crippen LogP contribution in [0.4, 0.5) is 5.69 Å². The van der Waals surface area contributed by atoms with Crippen LogP contribution in [0.3, 0.4) is 0 Å². The van der Waals surface area contributed by atoms with Crippen LogP contribution in [0.15, 0.2) is 48.0 Å². The fraction of sp³-hybridized carbons (Fsp3) is 0.500. The Bertz CT molecular complexity index is 1010. The molecule has 0 spiro atoms. The highest BCUT2D eigenvalue weighted by Gasteiger charge is 2.20. The molecular weight excluding hydrogens is 364 g/mol. The van der Waals surface area contributed by atoms with E-state index in [1.165, 1.54) is 12.8 Å². The van der Waals surface area contributed by atoms with Gasteiger partial charge >= 0.3 is 0 Å². The third-order valence-electron chi connectivity index (χ3n) is 6.46. The summed E-state index contributed by atoms with van der Waals surface area (Å²) < 4.78 is 3.98. The summed E-state index contributed by atoms with van der Waals surface area (Å²) in [7, 11) is 0. The Labute approximate surface area is 170 Å². The smallest absolute Gasteiger partial charge is 0.261 e. The van der Waals surface area contributed by atoms with E-state index in [9.17, 15) is 4.79 Å². The molecule has 1 saturated carbocycles. The van der Waals surface area contributed by atoms with Crippen LogP contribution in [0.25, 0.3) is 10.9 Å². The van der Waals surface area contributed by atoms with E-state index in [2.05, 4.69) is 36.5 Å². The van der Waals surface area contributed by atoms with Gasteiger partial charge in [-0.15, -0.1) is 0 Å². The summed E-state index contributed by atoms with van der Waals surface area (Å²) in [6.07, 6.45) is 12.1. The number of aromatic nitrogens is 4. The van der Waals surface area contributed by atoms with Gasteiger partial charge in [-0.1, -0.05) is 12.8 Å². The third-order valence-corrected chi connectivity index (χ3v) is 6.46. The summed E-state index contributed by atoms with van der Waals surface area (Å²) in [5.74, 6) is 0. The quantitative estimate of drug-likeness (QED) is 0.668. The molecule has 1 aliphatic heterocycles. The summed E-state index contributed by atoms with van der Waals surface area (Å²) in [5, 5.41) is 0.738. The first-order chi connectivity index (χ1) is 14.3. The van der Waals surface area contributed by atoms with Crippen molar-refractivity contribution in [1.29, 1.82) is 0 Å². The van der Waals surface area contributed by atoms with Gasteiger partial charge in [0.15, 0.2) is 0 Å². The highest BCUT2D eigenvalue weighted by Crippen LogP contribution is 2.28. The van der Waals surface area contributed by atoms with Crippen LogP contribution in [0.2, 0.25) is 0 Å². The number of rotatable bonds is 5. The molecule has 0 bridgehead atoms. The minimum absolute atomic E-state index is 0.109. The highest BCUT2D eigenvalue weighted by molar-refractivity contribution is 5.81. The molecule has 0 atom stereocenters. The van der Waals surface area contributed by atoms with Crippen molar-refractivity contribution in [2.75, 3.05) is 37.6 Å². The first-order valence-electron chi connectivity index (χ1n) is 10.7. The molecular formula is C22H28N6O. The van der Waals surface area contributed by atoms with Gasteiger partial charge in [-0.05, 0) is 31.0 Å². The van der Waals surface area contributed by atoms with E-state index < -0.39 is 0 Å². The average Bonchev–Trinajstić information content (AvgIpc) is 3.47. The number of hydrogen-bond acceptors (Lipinski definition) is 5. The number of anilines is 1. The van der Waals surface area contributed by atoms with Gasteiger partial charge in [0.1, 0.15) is 0 Å². The van der Waals surface area contributed by atoms with Gasteiger partial charge in [0.2, 0.25) is 0 Å². The molecule has 5 rings (SSSR count). The van der Waals surface area contributed by atoms with Crippen molar-refractivity contribution in [1.82, 2.24) is 24.0 Å². The van der Waals surface area contributed by atoms with Gasteiger partial charge in [-0.2, -0.15) is 0 Å². The van der Waals surface area contributed by atoms with Crippen molar-refractivity contribution < 1.29 is 0 Å². The van der Waals surface area contributed by atoms with Crippen LogP contribution in [0.1, 0.15) is 31.7 Å². The molecule has 0 unspecified atom stereocenters. The number of hydrogen-bond donors (Lipinski definition) is 0. The molecule has 2 aliphatic rings. The summed E-state index contributed by atoms with van der Waals surface area (Å²) in [6, 6.07) is 6.47. The summed E-state index contributed by atoms with van der Waals surface area (Å²) >= 11 is 0. The van der Waals surface area contributed by atoms with Crippen molar-refractivity contribution in [3.8, 4) is 0 Å². The van der Waals surface area contributed by atoms with Crippen LogP contribution in [0.5, 0.6) is 0 Å². The van der Waals surface area contributed by atoms with E-state index in [-0.39, 0.29) is 5.56 Å². The van der Waals surface area contributed by atoms with Crippen molar-refractivity contribution in [3.05, 3.63) is 53.6 Å². The molecule has 2 fully saturated rings. The molecule has 7 heteroatoms. The van der Waals surface area contributed by atoms with Gasteiger partial charge in [-0.25, -0.2) is 9.97 Å². The van der Waals surface area contributed by atoms with E-state index in [1.54, 1.807) is 6.33 Å². The number of piperazine rings is 1. The Morgan fingerprint density at radius 1 is 1.00 bits per heavy atom. The predicted molar refractivity (Wildman–Crippen MR) is 114 cm³/mol. The molecule has 3 heterocycles. The van der Waals surface area contributed by atoms with E-state index in [0.29, 0.717) is 6.04 Å². The molecule has 1 aromatic carbocycles. The SMILES string of the molecule is O=c1c2ccc(N3CCN(CCn4ccnc4)CC3)cc2ncn1C1CCCC1. The Morgan fingerprint density at radius 3 is 2.59 bits per heavy atom. The second kappa shape index (κ2) is 7.99. The summed E-state index contributed by atoms with van der Waals surface area (Å²) in [5.41, 5.74) is 2.08. The maximum absolute atomic E-state index is 12.9. The largest absolute Gasteiger partial charge is 0.369 e. The van der Waals surface area contributed by atoms with E-state index in [0.717, 1.165) is 68.7 Å². The van der Waals surface area contributed by atoms with Gasteiger partial charge in [-0.3, -0.25) is 14.3 Å². The van der Waals surface area contributed by atoms with E-state index in [1.807, 2.05) is 29.4 Å². The number of imidazole rings is 1. The molecule has 1 aliphatic carbocycles. The van der Waals surface area contributed by atoms with Crippen molar-refractivity contribution in [3.63, 3.8) is 0 Å². The molecule has 0 amide bonds. The zero-order chi connectivity index (χ0) is 19.6. The highest BCUT2D eigenvalue weighted by atomic mass is 16.1. The molecule has 29 heavy (non-hydrogen) atoms. The zero-order valence-corrected chi connectivity index (χ0v) is 16.8. The normalized spacial score (nSPS) is 18.7. The molecule has 152 valence electrons. The maximum atomic E-state index is 12.9. The minimum Gasteiger partial charge on any atom is -0.369 e. The molecule has 3 aromatic rings. The standard InChI is InChI=1S/C22H28N6O/c29-22-20-6-5-19(15-21(20)24-17-28(22)18-3-1-2-4-18)27-13-11-25(12-14-27)9-10-26-8-7-23-16-26/h5-8,15-18H,1-4,9-14H2. The van der Waals surface area contributed by atoms with Gasteiger partial charge in [0.05, 0.1) is 23.6 Å². The lowest BCUT2D eigenvalue weighted by Gasteiger charge is -2.36.